The molecule has 3 heterocycles. The Kier molecular flexibility index (Phi) is 10.2. The zero-order valence-electron chi connectivity index (χ0n) is 32.1. The molecule has 3 amide bonds. The number of rotatable bonds is 8. The first-order chi connectivity index (χ1) is 25.9. The van der Waals surface area contributed by atoms with Crippen LogP contribution in [0.5, 0.6) is 5.75 Å². The van der Waals surface area contributed by atoms with E-state index < -0.39 is 0 Å². The fraction of sp³-hybridized carbons (Fsp3) is 0.311. The molecule has 0 fully saturated rings. The van der Waals surface area contributed by atoms with Gasteiger partial charge in [0, 0.05) is 74.5 Å². The third kappa shape index (κ3) is 7.16. The highest BCUT2D eigenvalue weighted by atomic mass is 16.3. The highest BCUT2D eigenvalue weighted by Crippen LogP contribution is 2.36. The summed E-state index contributed by atoms with van der Waals surface area (Å²) in [6.07, 6.45) is 1.76. The highest BCUT2D eigenvalue weighted by molar-refractivity contribution is 6.08. The summed E-state index contributed by atoms with van der Waals surface area (Å²) in [7, 11) is 7.72. The zero-order chi connectivity index (χ0) is 38.3. The lowest BCUT2D eigenvalue weighted by molar-refractivity contribution is -0.131. The molecule has 0 radical (unpaired) electrons. The van der Waals surface area contributed by atoms with Gasteiger partial charge in [0.05, 0.1) is 12.0 Å². The van der Waals surface area contributed by atoms with Gasteiger partial charge in [-0.3, -0.25) is 14.4 Å². The minimum Gasteiger partial charge on any atom is -0.508 e. The molecule has 0 aliphatic carbocycles. The number of fused-ring (bicyclic) bond motifs is 2. The number of hydrogen-bond donors (Lipinski definition) is 1. The van der Waals surface area contributed by atoms with Crippen molar-refractivity contribution in [2.45, 2.75) is 58.8 Å². The minimum absolute atomic E-state index is 0.0113. The third-order valence-electron chi connectivity index (χ3n) is 11.2. The lowest BCUT2D eigenvalue weighted by Gasteiger charge is -2.36. The van der Waals surface area contributed by atoms with Gasteiger partial charge in [0.15, 0.2) is 0 Å². The first kappa shape index (κ1) is 36.7. The summed E-state index contributed by atoms with van der Waals surface area (Å²) in [5, 5.41) is 9.80. The van der Waals surface area contributed by atoms with Crippen molar-refractivity contribution in [1.29, 1.82) is 0 Å². The molecule has 0 saturated heterocycles. The average Bonchev–Trinajstić information content (AvgIpc) is 3.46. The smallest absolute Gasteiger partial charge is 0.259 e. The van der Waals surface area contributed by atoms with Crippen LogP contribution in [0.3, 0.4) is 0 Å². The maximum absolute atomic E-state index is 14.9. The Morgan fingerprint density at radius 1 is 0.796 bits per heavy atom. The Labute approximate surface area is 318 Å². The van der Waals surface area contributed by atoms with E-state index in [-0.39, 0.29) is 29.5 Å². The summed E-state index contributed by atoms with van der Waals surface area (Å²) in [5.41, 5.74) is 10.8. The fourth-order valence-corrected chi connectivity index (χ4v) is 7.96. The Balaban J connectivity index is 1.25. The van der Waals surface area contributed by atoms with Crippen molar-refractivity contribution in [3.63, 3.8) is 0 Å². The van der Waals surface area contributed by atoms with Crippen molar-refractivity contribution in [3.05, 3.63) is 141 Å². The van der Waals surface area contributed by atoms with E-state index in [9.17, 15) is 19.5 Å². The molecule has 1 N–H and O–H groups in total. The van der Waals surface area contributed by atoms with Gasteiger partial charge in [-0.2, -0.15) is 0 Å². The number of hydrogen-bond acceptors (Lipinski definition) is 5. The van der Waals surface area contributed by atoms with Crippen LogP contribution in [0.25, 0.3) is 11.3 Å². The van der Waals surface area contributed by atoms with E-state index in [1.165, 1.54) is 5.56 Å². The molecular weight excluding hydrogens is 675 g/mol. The van der Waals surface area contributed by atoms with Gasteiger partial charge in [-0.15, -0.1) is 0 Å². The van der Waals surface area contributed by atoms with E-state index in [4.69, 9.17) is 0 Å². The van der Waals surface area contributed by atoms with Crippen LogP contribution < -0.4 is 4.90 Å². The van der Waals surface area contributed by atoms with Crippen LogP contribution in [-0.2, 0) is 50.7 Å². The Hall–Kier alpha value is -5.67. The highest BCUT2D eigenvalue weighted by Gasteiger charge is 2.32. The third-order valence-corrected chi connectivity index (χ3v) is 11.2. The van der Waals surface area contributed by atoms with E-state index in [0.717, 1.165) is 57.7 Å². The molecule has 9 heteroatoms. The molecule has 9 nitrogen and oxygen atoms in total. The van der Waals surface area contributed by atoms with Gasteiger partial charge < -0.3 is 29.3 Å². The number of carbonyl (C=O) groups is 3. The Bertz CT molecular complexity index is 2240. The lowest BCUT2D eigenvalue weighted by Crippen LogP contribution is -2.43. The van der Waals surface area contributed by atoms with Crippen LogP contribution in [0.2, 0.25) is 0 Å². The second-order valence-corrected chi connectivity index (χ2v) is 15.1. The van der Waals surface area contributed by atoms with Crippen molar-refractivity contribution in [1.82, 2.24) is 19.3 Å². The van der Waals surface area contributed by atoms with Crippen LogP contribution in [0.1, 0.15) is 66.7 Å². The first-order valence-electron chi connectivity index (χ1n) is 18.7. The molecule has 4 aromatic carbocycles. The van der Waals surface area contributed by atoms with Crippen LogP contribution >= 0.6 is 0 Å². The van der Waals surface area contributed by atoms with Crippen molar-refractivity contribution in [2.75, 3.05) is 32.6 Å². The lowest BCUT2D eigenvalue weighted by atomic mass is 9.89. The maximum atomic E-state index is 14.9. The summed E-state index contributed by atoms with van der Waals surface area (Å²) < 4.78 is 2.00. The van der Waals surface area contributed by atoms with Crippen LogP contribution in [-0.4, -0.2) is 75.8 Å². The molecule has 0 saturated carbocycles. The van der Waals surface area contributed by atoms with E-state index >= 15 is 0 Å². The summed E-state index contributed by atoms with van der Waals surface area (Å²) in [6, 6.07) is 29.0. The SMILES string of the molecule is Cc1c(C(=O)N(C)c2ccc(O)cc2)cc(-c2cc3c(cc2C(=O)N2Cc4ccccc4C[C@H]2C)CN(C(=O)Cc2ccccc2CN(C)C)CC3)n1C. The molecule has 7 rings (SSSR count). The second kappa shape index (κ2) is 15.0. The second-order valence-electron chi connectivity index (χ2n) is 15.1. The number of nitrogens with zero attached hydrogens (tertiary/aromatic N) is 5. The molecule has 0 bridgehead atoms. The van der Waals surface area contributed by atoms with Crippen molar-refractivity contribution in [3.8, 4) is 17.0 Å². The van der Waals surface area contributed by atoms with E-state index in [1.807, 2.05) is 84.9 Å². The first-order valence-corrected chi connectivity index (χ1v) is 18.7. The molecule has 0 spiro atoms. The molecule has 1 atom stereocenters. The van der Waals surface area contributed by atoms with Gasteiger partial charge in [-0.1, -0.05) is 48.5 Å². The van der Waals surface area contributed by atoms with Crippen LogP contribution in [0.4, 0.5) is 5.69 Å². The molecular formula is C45H49N5O4. The molecule has 5 aromatic rings. The average molecular weight is 724 g/mol. The summed E-state index contributed by atoms with van der Waals surface area (Å²) in [5.74, 6) is -0.0481. The van der Waals surface area contributed by atoms with Crippen molar-refractivity contribution in [2.24, 2.45) is 7.05 Å². The van der Waals surface area contributed by atoms with Crippen LogP contribution in [0, 0.1) is 6.92 Å². The van der Waals surface area contributed by atoms with E-state index in [2.05, 4.69) is 36.1 Å². The number of benzene rings is 4. The van der Waals surface area contributed by atoms with Gasteiger partial charge >= 0.3 is 0 Å². The van der Waals surface area contributed by atoms with Gasteiger partial charge in [0.1, 0.15) is 5.75 Å². The van der Waals surface area contributed by atoms with Gasteiger partial charge in [-0.25, -0.2) is 0 Å². The maximum Gasteiger partial charge on any atom is 0.259 e. The number of aromatic hydroxyl groups is 1. The normalized spacial score (nSPS) is 15.2. The van der Waals surface area contributed by atoms with Gasteiger partial charge in [0.25, 0.3) is 11.8 Å². The predicted octanol–water partition coefficient (Wildman–Crippen LogP) is 6.76. The number of phenols is 1. The minimum atomic E-state index is -0.187. The topological polar surface area (TPSA) is 89.3 Å². The monoisotopic (exact) mass is 723 g/mol. The number of aromatic nitrogens is 1. The Morgan fingerprint density at radius 3 is 2.20 bits per heavy atom. The predicted molar refractivity (Wildman–Crippen MR) is 213 cm³/mol. The van der Waals surface area contributed by atoms with Crippen molar-refractivity contribution < 1.29 is 19.5 Å². The molecule has 54 heavy (non-hydrogen) atoms. The molecule has 1 aromatic heterocycles. The molecule has 2 aliphatic heterocycles. The molecule has 278 valence electrons. The number of amides is 3. The fourth-order valence-electron chi connectivity index (χ4n) is 7.96. The number of anilines is 1. The quantitative estimate of drug-likeness (QED) is 0.191. The van der Waals surface area contributed by atoms with E-state index in [0.29, 0.717) is 49.3 Å². The van der Waals surface area contributed by atoms with Gasteiger partial charge in [0.2, 0.25) is 5.91 Å². The van der Waals surface area contributed by atoms with Crippen LogP contribution in [0.15, 0.2) is 91.0 Å². The summed E-state index contributed by atoms with van der Waals surface area (Å²) >= 11 is 0. The van der Waals surface area contributed by atoms with E-state index in [1.54, 1.807) is 36.2 Å². The van der Waals surface area contributed by atoms with Gasteiger partial charge in [-0.05, 0) is 117 Å². The Morgan fingerprint density at radius 2 is 1.48 bits per heavy atom. The zero-order valence-corrected chi connectivity index (χ0v) is 32.1. The number of phenolic OH excluding ortho intramolecular Hbond substituents is 1. The summed E-state index contributed by atoms with van der Waals surface area (Å²) in [6.45, 7) is 6.31. The number of carbonyl (C=O) groups excluding carboxylic acids is 3. The summed E-state index contributed by atoms with van der Waals surface area (Å²) in [4.78, 5) is 50.2. The molecule has 0 unspecified atom stereocenters. The molecule has 2 aliphatic rings. The standard InChI is InChI=1S/C45H49N5O4/c1-29-21-31-11-7-10-14-35(31)28-50(29)45(54)41-23-36-27-49(43(52)24-32-12-8-9-13-34(32)26-46(3)4)20-19-33(36)22-40(41)42-25-39(30(2)47(42)5)44(53)48(6)37-15-17-38(51)18-16-37/h7-18,22-23,25,29,51H,19-21,24,26-28H2,1-6H3/t29-/m1/s1. The van der Waals surface area contributed by atoms with Crippen molar-refractivity contribution >= 4 is 23.4 Å². The largest absolute Gasteiger partial charge is 0.508 e.